The van der Waals surface area contributed by atoms with Gasteiger partial charge in [0.05, 0.1) is 4.90 Å². The van der Waals surface area contributed by atoms with Gasteiger partial charge >= 0.3 is 0 Å². The molecule has 0 amide bonds. The van der Waals surface area contributed by atoms with Crippen LogP contribution in [0.1, 0.15) is 24.0 Å². The highest BCUT2D eigenvalue weighted by Crippen LogP contribution is 2.49. The highest BCUT2D eigenvalue weighted by Gasteiger charge is 2.56. The Morgan fingerprint density at radius 2 is 1.92 bits per heavy atom. The van der Waals surface area contributed by atoms with Crippen LogP contribution >= 0.6 is 15.9 Å². The fourth-order valence-electron chi connectivity index (χ4n) is 4.20. The monoisotopic (exact) mass is 409 g/mol. The van der Waals surface area contributed by atoms with Gasteiger partial charge in [-0.25, -0.2) is 12.8 Å². The van der Waals surface area contributed by atoms with Crippen LogP contribution in [0.3, 0.4) is 0 Å². The summed E-state index contributed by atoms with van der Waals surface area (Å²) in [7, 11) is -3.65. The molecule has 2 aromatic carbocycles. The van der Waals surface area contributed by atoms with Gasteiger partial charge in [-0.2, -0.15) is 0 Å². The van der Waals surface area contributed by atoms with Crippen LogP contribution < -0.4 is 5.32 Å². The largest absolute Gasteiger partial charge is 0.312 e. The lowest BCUT2D eigenvalue weighted by molar-refractivity contribution is 0.416. The summed E-state index contributed by atoms with van der Waals surface area (Å²) < 4.78 is 40.4. The summed E-state index contributed by atoms with van der Waals surface area (Å²) in [5.74, 6) is -0.430. The fraction of sp³-hybridized carbons (Fsp3) is 0.333. The molecule has 2 aromatic rings. The van der Waals surface area contributed by atoms with Gasteiger partial charge in [-0.05, 0) is 73.3 Å². The maximum atomic E-state index is 13.6. The number of halogens is 2. The summed E-state index contributed by atoms with van der Waals surface area (Å²) in [6.07, 6.45) is 2.17. The minimum Gasteiger partial charge on any atom is -0.312 e. The Labute approximate surface area is 149 Å². The van der Waals surface area contributed by atoms with Crippen LogP contribution in [0, 0.1) is 5.82 Å². The maximum absolute atomic E-state index is 13.6. The average molecular weight is 410 g/mol. The molecule has 1 aliphatic heterocycles. The highest BCUT2D eigenvalue weighted by molar-refractivity contribution is 9.10. The summed E-state index contributed by atoms with van der Waals surface area (Å²) in [5, 5.41) is 3.38. The lowest BCUT2D eigenvalue weighted by atomic mass is 9.79. The van der Waals surface area contributed by atoms with Gasteiger partial charge in [0.1, 0.15) is 10.6 Å². The molecule has 2 aliphatic rings. The maximum Gasteiger partial charge on any atom is 0.189 e. The molecular formula is C18H17BrFNO2S. The Hall–Kier alpha value is -1.24. The molecule has 0 aromatic heterocycles. The average Bonchev–Trinajstić information content (AvgIpc) is 3.00. The van der Waals surface area contributed by atoms with E-state index in [4.69, 9.17) is 0 Å². The van der Waals surface area contributed by atoms with Crippen LogP contribution in [-0.4, -0.2) is 21.0 Å². The van der Waals surface area contributed by atoms with Crippen molar-refractivity contribution < 1.29 is 12.8 Å². The Balaban J connectivity index is 1.96. The van der Waals surface area contributed by atoms with Crippen molar-refractivity contribution in [2.45, 2.75) is 34.9 Å². The van der Waals surface area contributed by atoms with Crippen molar-refractivity contribution in [1.29, 1.82) is 0 Å². The molecule has 6 heteroatoms. The molecule has 3 nitrogen and oxygen atoms in total. The zero-order chi connectivity index (χ0) is 16.9. The predicted octanol–water partition coefficient (Wildman–Crippen LogP) is 3.57. The quantitative estimate of drug-likeness (QED) is 0.771. The van der Waals surface area contributed by atoms with Gasteiger partial charge in [-0.3, -0.25) is 0 Å². The van der Waals surface area contributed by atoms with Crippen LogP contribution in [0.2, 0.25) is 0 Å². The zero-order valence-electron chi connectivity index (χ0n) is 12.9. The van der Waals surface area contributed by atoms with E-state index in [0.29, 0.717) is 13.0 Å². The van der Waals surface area contributed by atoms with Crippen molar-refractivity contribution in [2.24, 2.45) is 0 Å². The lowest BCUT2D eigenvalue weighted by Gasteiger charge is -2.40. The minimum atomic E-state index is -3.65. The van der Waals surface area contributed by atoms with E-state index in [1.807, 2.05) is 18.2 Å². The highest BCUT2D eigenvalue weighted by atomic mass is 79.9. The van der Waals surface area contributed by atoms with Gasteiger partial charge in [0, 0.05) is 10.5 Å². The topological polar surface area (TPSA) is 46.2 Å². The van der Waals surface area contributed by atoms with Crippen molar-refractivity contribution in [3.8, 4) is 0 Å². The van der Waals surface area contributed by atoms with Crippen LogP contribution in [0.25, 0.3) is 0 Å². The van der Waals surface area contributed by atoms with Gasteiger partial charge in [-0.15, -0.1) is 0 Å². The number of benzene rings is 2. The number of nitrogens with one attached hydrogen (secondary N) is 1. The molecular weight excluding hydrogens is 393 g/mol. The third-order valence-electron chi connectivity index (χ3n) is 5.28. The van der Waals surface area contributed by atoms with Crippen molar-refractivity contribution in [2.75, 3.05) is 6.54 Å². The molecule has 4 rings (SSSR count). The summed E-state index contributed by atoms with van der Waals surface area (Å²) in [5.41, 5.74) is 1.96. The molecule has 2 atom stereocenters. The van der Waals surface area contributed by atoms with E-state index in [0.717, 1.165) is 28.4 Å². The van der Waals surface area contributed by atoms with Crippen LogP contribution in [0.4, 0.5) is 4.39 Å². The number of aryl methyl sites for hydroxylation is 1. The van der Waals surface area contributed by atoms with E-state index in [-0.39, 0.29) is 10.9 Å². The predicted molar refractivity (Wildman–Crippen MR) is 94.1 cm³/mol. The van der Waals surface area contributed by atoms with Gasteiger partial charge < -0.3 is 5.32 Å². The van der Waals surface area contributed by atoms with Crippen LogP contribution in [0.15, 0.2) is 51.8 Å². The summed E-state index contributed by atoms with van der Waals surface area (Å²) in [6, 6.07) is 10.9. The minimum absolute atomic E-state index is 0.110. The molecule has 2 unspecified atom stereocenters. The first-order valence-corrected chi connectivity index (χ1v) is 10.3. The van der Waals surface area contributed by atoms with Crippen molar-refractivity contribution in [1.82, 2.24) is 5.32 Å². The SMILES string of the molecule is O=S(=O)(c1ccc(F)cc1)C12CCNC1CCc1cc(Br)ccc12. The lowest BCUT2D eigenvalue weighted by Crippen LogP contribution is -2.49. The second-order valence-corrected chi connectivity index (χ2v) is 9.57. The van der Waals surface area contributed by atoms with Gasteiger partial charge in [0.2, 0.25) is 0 Å². The smallest absolute Gasteiger partial charge is 0.189 e. The normalized spacial score (nSPS) is 26.0. The second kappa shape index (κ2) is 5.64. The van der Waals surface area contributed by atoms with Crippen LogP contribution in [-0.2, 0) is 21.0 Å². The van der Waals surface area contributed by atoms with Crippen molar-refractivity contribution in [3.05, 3.63) is 63.9 Å². The van der Waals surface area contributed by atoms with E-state index in [1.165, 1.54) is 24.3 Å². The van der Waals surface area contributed by atoms with Crippen molar-refractivity contribution >= 4 is 25.8 Å². The standard InChI is InChI=1S/C18H17BrFNO2S/c19-13-2-7-16-12(11-13)1-8-17-18(16,9-10-21-17)24(22,23)15-5-3-14(20)4-6-15/h2-7,11,17,21H,1,8-10H2. The summed E-state index contributed by atoms with van der Waals surface area (Å²) in [4.78, 5) is 0.188. The molecule has 1 N–H and O–H groups in total. The van der Waals surface area contributed by atoms with Crippen LogP contribution in [0.5, 0.6) is 0 Å². The third kappa shape index (κ3) is 2.20. The Bertz CT molecular complexity index is 898. The number of fused-ring (bicyclic) bond motifs is 3. The molecule has 1 saturated heterocycles. The Morgan fingerprint density at radius 1 is 1.17 bits per heavy atom. The molecule has 1 aliphatic carbocycles. The number of rotatable bonds is 2. The van der Waals surface area contributed by atoms with Gasteiger partial charge in [0.25, 0.3) is 0 Å². The zero-order valence-corrected chi connectivity index (χ0v) is 15.3. The molecule has 0 radical (unpaired) electrons. The molecule has 1 heterocycles. The van der Waals surface area contributed by atoms with Crippen molar-refractivity contribution in [3.63, 3.8) is 0 Å². The van der Waals surface area contributed by atoms with E-state index >= 15 is 0 Å². The first kappa shape index (κ1) is 16.2. The first-order valence-electron chi connectivity index (χ1n) is 7.98. The number of hydrogen-bond acceptors (Lipinski definition) is 3. The summed E-state index contributed by atoms with van der Waals surface area (Å²) >= 11 is 3.48. The second-order valence-electron chi connectivity index (χ2n) is 6.44. The molecule has 1 fully saturated rings. The molecule has 0 spiro atoms. The van der Waals surface area contributed by atoms with E-state index in [9.17, 15) is 12.8 Å². The Morgan fingerprint density at radius 3 is 2.67 bits per heavy atom. The molecule has 0 saturated carbocycles. The first-order chi connectivity index (χ1) is 11.4. The fourth-order valence-corrected chi connectivity index (χ4v) is 6.96. The van der Waals surface area contributed by atoms with E-state index < -0.39 is 20.4 Å². The number of hydrogen-bond donors (Lipinski definition) is 1. The van der Waals surface area contributed by atoms with Gasteiger partial charge in [-0.1, -0.05) is 22.0 Å². The van der Waals surface area contributed by atoms with E-state index in [1.54, 1.807) is 0 Å². The molecule has 0 bridgehead atoms. The van der Waals surface area contributed by atoms with E-state index in [2.05, 4.69) is 21.2 Å². The molecule has 24 heavy (non-hydrogen) atoms. The molecule has 126 valence electrons. The Kier molecular flexibility index (Phi) is 3.82. The third-order valence-corrected chi connectivity index (χ3v) is 8.33. The number of sulfone groups is 1. The van der Waals surface area contributed by atoms with Gasteiger partial charge in [0.15, 0.2) is 9.84 Å². The summed E-state index contributed by atoms with van der Waals surface area (Å²) in [6.45, 7) is 0.667.